The number of rotatable bonds is 3. The Morgan fingerprint density at radius 2 is 1.28 bits per heavy atom. The summed E-state index contributed by atoms with van der Waals surface area (Å²) < 4.78 is 0. The summed E-state index contributed by atoms with van der Waals surface area (Å²) in [6.45, 7) is 17.6. The number of hydrogen-bond acceptors (Lipinski definition) is 4. The van der Waals surface area contributed by atoms with Gasteiger partial charge in [0.2, 0.25) is 5.91 Å². The lowest BCUT2D eigenvalue weighted by molar-refractivity contribution is -0.138. The number of piperazine rings is 1. The summed E-state index contributed by atoms with van der Waals surface area (Å²) in [5, 5.41) is 6.77. The van der Waals surface area contributed by atoms with Crippen molar-refractivity contribution in [1.82, 2.24) is 20.4 Å². The molecule has 3 heterocycles. The molecule has 3 rings (SSSR count). The van der Waals surface area contributed by atoms with Crippen molar-refractivity contribution in [2.75, 3.05) is 58.9 Å². The molecule has 0 aromatic carbocycles. The van der Waals surface area contributed by atoms with E-state index in [0.717, 1.165) is 58.0 Å². The van der Waals surface area contributed by atoms with E-state index in [1.54, 1.807) is 0 Å². The van der Waals surface area contributed by atoms with E-state index in [2.05, 4.69) is 20.4 Å². The van der Waals surface area contributed by atoms with E-state index < -0.39 is 0 Å². The molecule has 0 saturated carbocycles. The summed E-state index contributed by atoms with van der Waals surface area (Å²) in [4.78, 5) is 17.2. The van der Waals surface area contributed by atoms with Gasteiger partial charge >= 0.3 is 0 Å². The minimum Gasteiger partial charge on any atom is -0.340 e. The van der Waals surface area contributed by atoms with Crippen molar-refractivity contribution in [3.05, 3.63) is 0 Å². The van der Waals surface area contributed by atoms with Gasteiger partial charge in [0.25, 0.3) is 0 Å². The number of nitrogens with one attached hydrogen (secondary N) is 2. The highest BCUT2D eigenvalue weighted by Crippen LogP contribution is 2.18. The summed E-state index contributed by atoms with van der Waals surface area (Å²) in [6.07, 6.45) is 4.67. The predicted molar refractivity (Wildman–Crippen MR) is 107 cm³/mol. The summed E-state index contributed by atoms with van der Waals surface area (Å²) >= 11 is 0. The van der Waals surface area contributed by atoms with Crippen LogP contribution in [0.25, 0.3) is 0 Å². The molecule has 3 aliphatic rings. The Kier molecular flexibility index (Phi) is 12.1. The molecular formula is C20H42N4O. The molecule has 5 heteroatoms. The zero-order valence-electron chi connectivity index (χ0n) is 17.1. The highest BCUT2D eigenvalue weighted by atomic mass is 16.2. The highest BCUT2D eigenvalue weighted by molar-refractivity contribution is 5.79. The average molecular weight is 355 g/mol. The third-order valence-electron chi connectivity index (χ3n) is 5.35. The molecule has 0 aliphatic carbocycles. The molecule has 3 aliphatic heterocycles. The molecule has 3 saturated heterocycles. The maximum absolute atomic E-state index is 12.5. The predicted octanol–water partition coefficient (Wildman–Crippen LogP) is 2.18. The second kappa shape index (κ2) is 13.5. The average Bonchev–Trinajstić information content (AvgIpc) is 2.72. The maximum atomic E-state index is 12.5. The molecule has 3 fully saturated rings. The molecule has 0 spiro atoms. The van der Waals surface area contributed by atoms with Crippen molar-refractivity contribution in [2.45, 2.75) is 53.4 Å². The van der Waals surface area contributed by atoms with Gasteiger partial charge in [0.15, 0.2) is 0 Å². The SMILES string of the molecule is CC.CC.O=C(C1CCNCC1)N1CCN(CC2CCNCC2)CC1. The second-order valence-corrected chi connectivity index (χ2v) is 6.84. The largest absolute Gasteiger partial charge is 0.340 e. The Morgan fingerprint density at radius 1 is 0.800 bits per heavy atom. The maximum Gasteiger partial charge on any atom is 0.225 e. The van der Waals surface area contributed by atoms with Crippen LogP contribution in [0.2, 0.25) is 0 Å². The van der Waals surface area contributed by atoms with Gasteiger partial charge in [0.1, 0.15) is 0 Å². The summed E-state index contributed by atoms with van der Waals surface area (Å²) in [5.74, 6) is 1.55. The zero-order valence-corrected chi connectivity index (χ0v) is 17.1. The quantitative estimate of drug-likeness (QED) is 0.816. The number of amides is 1. The zero-order chi connectivity index (χ0) is 18.5. The van der Waals surface area contributed by atoms with Crippen LogP contribution < -0.4 is 10.6 Å². The Hall–Kier alpha value is -0.650. The standard InChI is InChI=1S/C16H30N4O.2C2H6/c21-16(15-3-7-18-8-4-15)20-11-9-19(10-12-20)13-14-1-5-17-6-2-14;2*1-2/h14-15,17-18H,1-13H2;2*1-2H3. The molecule has 0 aromatic rings. The molecule has 5 nitrogen and oxygen atoms in total. The molecule has 0 atom stereocenters. The molecular weight excluding hydrogens is 312 g/mol. The minimum atomic E-state index is 0.280. The molecule has 2 N–H and O–H groups in total. The third-order valence-corrected chi connectivity index (χ3v) is 5.35. The second-order valence-electron chi connectivity index (χ2n) is 6.84. The normalized spacial score (nSPS) is 23.1. The van der Waals surface area contributed by atoms with Crippen LogP contribution in [0.1, 0.15) is 53.4 Å². The minimum absolute atomic E-state index is 0.280. The van der Waals surface area contributed by atoms with Gasteiger partial charge in [-0.15, -0.1) is 0 Å². The van der Waals surface area contributed by atoms with Crippen molar-refractivity contribution < 1.29 is 4.79 Å². The van der Waals surface area contributed by atoms with Gasteiger partial charge in [-0.25, -0.2) is 0 Å². The van der Waals surface area contributed by atoms with Gasteiger partial charge in [-0.1, -0.05) is 27.7 Å². The number of piperidine rings is 2. The van der Waals surface area contributed by atoms with E-state index in [1.807, 2.05) is 27.7 Å². The lowest BCUT2D eigenvalue weighted by atomic mass is 9.95. The Bertz CT molecular complexity index is 331. The first-order valence-corrected chi connectivity index (χ1v) is 10.8. The van der Waals surface area contributed by atoms with Crippen molar-refractivity contribution in [2.24, 2.45) is 11.8 Å². The summed E-state index contributed by atoms with van der Waals surface area (Å²) in [5.41, 5.74) is 0. The van der Waals surface area contributed by atoms with Crippen LogP contribution >= 0.6 is 0 Å². The first-order chi connectivity index (χ1) is 12.3. The van der Waals surface area contributed by atoms with Gasteiger partial charge in [0, 0.05) is 38.6 Å². The molecule has 0 aromatic heterocycles. The van der Waals surface area contributed by atoms with Crippen molar-refractivity contribution in [1.29, 1.82) is 0 Å². The fourth-order valence-electron chi connectivity index (χ4n) is 3.91. The fourth-order valence-corrected chi connectivity index (χ4v) is 3.91. The smallest absolute Gasteiger partial charge is 0.225 e. The fraction of sp³-hybridized carbons (Fsp3) is 0.950. The highest BCUT2D eigenvalue weighted by Gasteiger charge is 2.29. The number of nitrogens with zero attached hydrogens (tertiary/aromatic N) is 2. The number of carbonyl (C=O) groups is 1. The first kappa shape index (κ1) is 22.4. The monoisotopic (exact) mass is 354 g/mol. The molecule has 25 heavy (non-hydrogen) atoms. The van der Waals surface area contributed by atoms with Crippen LogP contribution in [0.15, 0.2) is 0 Å². The van der Waals surface area contributed by atoms with Crippen molar-refractivity contribution in [3.8, 4) is 0 Å². The van der Waals surface area contributed by atoms with Crippen LogP contribution in [0, 0.1) is 11.8 Å². The Labute approximate surface area is 155 Å². The lowest BCUT2D eigenvalue weighted by Gasteiger charge is -2.39. The molecule has 0 bridgehead atoms. The van der Waals surface area contributed by atoms with E-state index in [4.69, 9.17) is 0 Å². The molecule has 1 amide bonds. The summed E-state index contributed by atoms with van der Waals surface area (Å²) in [6, 6.07) is 0. The van der Waals surface area contributed by atoms with Crippen LogP contribution in [-0.4, -0.2) is 74.6 Å². The number of carbonyl (C=O) groups excluding carboxylic acids is 1. The van der Waals surface area contributed by atoms with Crippen LogP contribution in [0.3, 0.4) is 0 Å². The van der Waals surface area contributed by atoms with Crippen molar-refractivity contribution >= 4 is 5.91 Å². The lowest BCUT2D eigenvalue weighted by Crippen LogP contribution is -2.52. The van der Waals surface area contributed by atoms with E-state index in [9.17, 15) is 4.79 Å². The van der Waals surface area contributed by atoms with Gasteiger partial charge in [0.05, 0.1) is 0 Å². The van der Waals surface area contributed by atoms with Gasteiger partial charge in [-0.3, -0.25) is 9.69 Å². The van der Waals surface area contributed by atoms with Crippen LogP contribution in [-0.2, 0) is 4.79 Å². The summed E-state index contributed by atoms with van der Waals surface area (Å²) in [7, 11) is 0. The van der Waals surface area contributed by atoms with Crippen molar-refractivity contribution in [3.63, 3.8) is 0 Å². The third kappa shape index (κ3) is 7.63. The topological polar surface area (TPSA) is 47.6 Å². The molecule has 0 unspecified atom stereocenters. The Morgan fingerprint density at radius 3 is 1.80 bits per heavy atom. The van der Waals surface area contributed by atoms with Crippen LogP contribution in [0.4, 0.5) is 0 Å². The van der Waals surface area contributed by atoms with E-state index >= 15 is 0 Å². The Balaban J connectivity index is 0.000000730. The first-order valence-electron chi connectivity index (χ1n) is 10.8. The van der Waals surface area contributed by atoms with E-state index in [0.29, 0.717) is 5.91 Å². The molecule has 148 valence electrons. The van der Waals surface area contributed by atoms with Crippen LogP contribution in [0.5, 0.6) is 0 Å². The van der Waals surface area contributed by atoms with E-state index in [1.165, 1.54) is 32.5 Å². The molecule has 0 radical (unpaired) electrons. The van der Waals surface area contributed by atoms with Gasteiger partial charge in [-0.2, -0.15) is 0 Å². The van der Waals surface area contributed by atoms with Gasteiger partial charge in [-0.05, 0) is 57.8 Å². The van der Waals surface area contributed by atoms with Gasteiger partial charge < -0.3 is 15.5 Å². The van der Waals surface area contributed by atoms with E-state index in [-0.39, 0.29) is 5.92 Å². The number of hydrogen-bond donors (Lipinski definition) is 2.